The number of rotatable bonds is 10. The summed E-state index contributed by atoms with van der Waals surface area (Å²) in [5, 5.41) is 4.51. The number of anilines is 1. The average Bonchev–Trinajstić information content (AvgIpc) is 3.33. The molecule has 2 heterocycles. The molecule has 1 atom stereocenters. The van der Waals surface area contributed by atoms with E-state index in [1.165, 1.54) is 0 Å². The lowest BCUT2D eigenvalue weighted by atomic mass is 10.1. The van der Waals surface area contributed by atoms with E-state index in [-0.39, 0.29) is 6.04 Å². The first kappa shape index (κ1) is 25.9. The fraction of sp³-hybridized carbons (Fsp3) is 0.226. The van der Waals surface area contributed by atoms with Crippen LogP contribution in [0.25, 0.3) is 22.3 Å². The Morgan fingerprint density at radius 1 is 0.795 bits per heavy atom. The van der Waals surface area contributed by atoms with Crippen molar-refractivity contribution < 1.29 is 18.9 Å². The van der Waals surface area contributed by atoms with Crippen LogP contribution in [0.3, 0.4) is 0 Å². The molecule has 8 nitrogen and oxygen atoms in total. The van der Waals surface area contributed by atoms with Gasteiger partial charge in [0, 0.05) is 24.7 Å². The topological polar surface area (TPSA) is 79.7 Å². The Morgan fingerprint density at radius 2 is 1.49 bits per heavy atom. The smallest absolute Gasteiger partial charge is 0.145 e. The van der Waals surface area contributed by atoms with Crippen molar-refractivity contribution in [1.82, 2.24) is 14.5 Å². The number of methoxy groups -OCH3 is 3. The van der Waals surface area contributed by atoms with Crippen molar-refractivity contribution in [3.05, 3.63) is 90.3 Å². The third-order valence-corrected chi connectivity index (χ3v) is 6.83. The molecule has 0 aliphatic rings. The van der Waals surface area contributed by atoms with Crippen LogP contribution in [0.2, 0.25) is 0 Å². The maximum Gasteiger partial charge on any atom is 0.145 e. The van der Waals surface area contributed by atoms with Crippen LogP contribution >= 0.6 is 0 Å². The van der Waals surface area contributed by atoms with E-state index < -0.39 is 0 Å². The highest BCUT2D eigenvalue weighted by Crippen LogP contribution is 2.32. The molecule has 0 aliphatic carbocycles. The van der Waals surface area contributed by atoms with Gasteiger partial charge in [0.05, 0.1) is 32.4 Å². The zero-order valence-electron chi connectivity index (χ0n) is 22.8. The van der Waals surface area contributed by atoms with Gasteiger partial charge in [-0.25, -0.2) is 9.97 Å². The minimum absolute atomic E-state index is 0.0541. The van der Waals surface area contributed by atoms with Crippen molar-refractivity contribution in [2.24, 2.45) is 7.05 Å². The average molecular weight is 525 g/mol. The lowest BCUT2D eigenvalue weighted by Gasteiger charge is -2.15. The molecular formula is C31H32N4O4. The molecule has 39 heavy (non-hydrogen) atoms. The summed E-state index contributed by atoms with van der Waals surface area (Å²) in [6, 6.07) is 24.0. The van der Waals surface area contributed by atoms with E-state index in [1.54, 1.807) is 27.7 Å². The molecule has 2 aromatic heterocycles. The van der Waals surface area contributed by atoms with Crippen LogP contribution in [0.5, 0.6) is 23.0 Å². The summed E-state index contributed by atoms with van der Waals surface area (Å²) in [6.07, 6.45) is 1.60. The summed E-state index contributed by atoms with van der Waals surface area (Å²) < 4.78 is 24.2. The second kappa shape index (κ2) is 11.3. The van der Waals surface area contributed by atoms with Crippen LogP contribution in [0.15, 0.2) is 79.1 Å². The number of aryl methyl sites for hydroxylation is 1. The Balaban J connectivity index is 1.34. The highest BCUT2D eigenvalue weighted by molar-refractivity contribution is 5.92. The predicted octanol–water partition coefficient (Wildman–Crippen LogP) is 6.41. The van der Waals surface area contributed by atoms with Gasteiger partial charge in [-0.15, -0.1) is 0 Å². The highest BCUT2D eigenvalue weighted by atomic mass is 16.5. The maximum atomic E-state index is 6.04. The van der Waals surface area contributed by atoms with E-state index >= 15 is 0 Å². The van der Waals surface area contributed by atoms with Crippen LogP contribution in [0.4, 0.5) is 5.82 Å². The fourth-order valence-corrected chi connectivity index (χ4v) is 4.56. The van der Waals surface area contributed by atoms with E-state index in [2.05, 4.69) is 57.1 Å². The summed E-state index contributed by atoms with van der Waals surface area (Å²) >= 11 is 0. The molecule has 0 amide bonds. The highest BCUT2D eigenvalue weighted by Gasteiger charge is 2.15. The first-order chi connectivity index (χ1) is 19.0. The first-order valence-corrected chi connectivity index (χ1v) is 12.7. The number of hydrogen-bond acceptors (Lipinski definition) is 7. The molecule has 5 aromatic rings. The SMILES string of the molecule is COc1ccc([C@@H](C)Nc2ncnc3c2cc(-c2ccc(OCc4ccc(OC)cc4OC)cc2)n3C)cc1. The minimum Gasteiger partial charge on any atom is -0.497 e. The number of nitrogens with zero attached hydrogens (tertiary/aromatic N) is 3. The quantitative estimate of drug-likeness (QED) is 0.226. The van der Waals surface area contributed by atoms with Crippen molar-refractivity contribution in [3.8, 4) is 34.3 Å². The van der Waals surface area contributed by atoms with E-state index in [0.717, 1.165) is 62.2 Å². The minimum atomic E-state index is 0.0541. The molecule has 8 heteroatoms. The van der Waals surface area contributed by atoms with Gasteiger partial charge in [-0.05, 0) is 72.6 Å². The van der Waals surface area contributed by atoms with Crippen LogP contribution in [-0.4, -0.2) is 35.9 Å². The van der Waals surface area contributed by atoms with Gasteiger partial charge in [0.15, 0.2) is 0 Å². The number of nitrogens with one attached hydrogen (secondary N) is 1. The molecule has 3 aromatic carbocycles. The van der Waals surface area contributed by atoms with E-state index in [0.29, 0.717) is 6.61 Å². The lowest BCUT2D eigenvalue weighted by Crippen LogP contribution is -2.08. The van der Waals surface area contributed by atoms with Gasteiger partial charge in [0.25, 0.3) is 0 Å². The molecule has 0 saturated heterocycles. The molecule has 0 radical (unpaired) electrons. The third-order valence-electron chi connectivity index (χ3n) is 6.83. The number of benzene rings is 3. The number of ether oxygens (including phenoxy) is 4. The van der Waals surface area contributed by atoms with Crippen LogP contribution in [-0.2, 0) is 13.7 Å². The summed E-state index contributed by atoms with van der Waals surface area (Å²) in [5.41, 5.74) is 5.03. The predicted molar refractivity (Wildman–Crippen MR) is 153 cm³/mol. The van der Waals surface area contributed by atoms with E-state index in [9.17, 15) is 0 Å². The molecule has 5 rings (SSSR count). The maximum absolute atomic E-state index is 6.04. The van der Waals surface area contributed by atoms with Gasteiger partial charge in [-0.3, -0.25) is 0 Å². The Morgan fingerprint density at radius 3 is 2.18 bits per heavy atom. The summed E-state index contributed by atoms with van der Waals surface area (Å²) in [4.78, 5) is 9.10. The number of fused-ring (bicyclic) bond motifs is 1. The monoisotopic (exact) mass is 524 g/mol. The second-order valence-corrected chi connectivity index (χ2v) is 9.18. The van der Waals surface area contributed by atoms with Crippen LogP contribution in [0, 0.1) is 0 Å². The molecule has 0 unspecified atom stereocenters. The molecule has 200 valence electrons. The molecule has 0 fully saturated rings. The zero-order chi connectivity index (χ0) is 27.4. The summed E-state index contributed by atoms with van der Waals surface area (Å²) in [7, 11) is 6.96. The van der Waals surface area contributed by atoms with Crippen molar-refractivity contribution in [3.63, 3.8) is 0 Å². The van der Waals surface area contributed by atoms with Crippen molar-refractivity contribution in [1.29, 1.82) is 0 Å². The molecule has 0 spiro atoms. The van der Waals surface area contributed by atoms with E-state index in [1.807, 2.05) is 49.5 Å². The van der Waals surface area contributed by atoms with Gasteiger partial charge in [0.2, 0.25) is 0 Å². The zero-order valence-corrected chi connectivity index (χ0v) is 22.8. The third kappa shape index (κ3) is 5.45. The van der Waals surface area contributed by atoms with Gasteiger partial charge < -0.3 is 28.8 Å². The Kier molecular flexibility index (Phi) is 7.54. The van der Waals surface area contributed by atoms with Gasteiger partial charge >= 0.3 is 0 Å². The standard InChI is InChI=1S/C31H32N4O4/c1-20(21-6-11-24(36-3)12-7-21)34-30-27-17-28(35(2)31(27)33-19-32-30)22-8-13-25(14-9-22)39-18-23-10-15-26(37-4)16-29(23)38-5/h6-17,19-20H,18H2,1-5H3,(H,32,33,34)/t20-/m1/s1. The van der Waals surface area contributed by atoms with Crippen molar-refractivity contribution in [2.75, 3.05) is 26.6 Å². The fourth-order valence-electron chi connectivity index (χ4n) is 4.56. The number of aromatic nitrogens is 3. The Hall–Kier alpha value is -4.72. The van der Waals surface area contributed by atoms with Crippen molar-refractivity contribution in [2.45, 2.75) is 19.6 Å². The van der Waals surface area contributed by atoms with Crippen LogP contribution < -0.4 is 24.3 Å². The lowest BCUT2D eigenvalue weighted by molar-refractivity contribution is 0.296. The summed E-state index contributed by atoms with van der Waals surface area (Å²) in [5.74, 6) is 3.87. The molecule has 0 bridgehead atoms. The molecular weight excluding hydrogens is 492 g/mol. The number of hydrogen-bond donors (Lipinski definition) is 1. The van der Waals surface area contributed by atoms with Gasteiger partial charge in [-0.1, -0.05) is 12.1 Å². The second-order valence-electron chi connectivity index (χ2n) is 9.18. The first-order valence-electron chi connectivity index (χ1n) is 12.7. The van der Waals surface area contributed by atoms with Crippen LogP contribution in [0.1, 0.15) is 24.1 Å². The normalized spacial score (nSPS) is 11.7. The van der Waals surface area contributed by atoms with E-state index in [4.69, 9.17) is 18.9 Å². The van der Waals surface area contributed by atoms with Gasteiger partial charge in [-0.2, -0.15) is 0 Å². The molecule has 0 aliphatic heterocycles. The van der Waals surface area contributed by atoms with Gasteiger partial charge in [0.1, 0.15) is 47.4 Å². The largest absolute Gasteiger partial charge is 0.497 e. The van der Waals surface area contributed by atoms with Crippen molar-refractivity contribution >= 4 is 16.9 Å². The molecule has 1 N–H and O–H groups in total. The summed E-state index contributed by atoms with van der Waals surface area (Å²) in [6.45, 7) is 2.50. The molecule has 0 saturated carbocycles. The Bertz CT molecular complexity index is 1560. The Labute approximate surface area is 228 Å².